The van der Waals surface area contributed by atoms with Crippen LogP contribution in [0.3, 0.4) is 0 Å². The predicted molar refractivity (Wildman–Crippen MR) is 115 cm³/mol. The van der Waals surface area contributed by atoms with Gasteiger partial charge in [0.15, 0.2) is 0 Å². The minimum atomic E-state index is -0.457. The Kier molecular flexibility index (Phi) is 5.88. The third kappa shape index (κ3) is 4.94. The Balaban J connectivity index is 1.40. The van der Waals surface area contributed by atoms with E-state index in [0.29, 0.717) is 25.8 Å². The first-order valence-electron chi connectivity index (χ1n) is 11.0. The lowest BCUT2D eigenvalue weighted by atomic mass is 10.1. The summed E-state index contributed by atoms with van der Waals surface area (Å²) in [6.45, 7) is 11.5. The summed E-state index contributed by atoms with van der Waals surface area (Å²) in [5, 5.41) is 4.95. The average Bonchev–Trinajstić information content (AvgIpc) is 3.46. The maximum absolute atomic E-state index is 12.3. The molecule has 8 nitrogen and oxygen atoms in total. The first kappa shape index (κ1) is 20.7. The van der Waals surface area contributed by atoms with Gasteiger partial charge in [-0.15, -0.1) is 5.10 Å². The molecule has 0 radical (unpaired) electrons. The largest absolute Gasteiger partial charge is 0.444 e. The lowest BCUT2D eigenvalue weighted by Gasteiger charge is -2.35. The number of carbonyl (C=O) groups excluding carboxylic acids is 1. The van der Waals surface area contributed by atoms with Crippen LogP contribution in [0.4, 0.5) is 10.7 Å². The second kappa shape index (κ2) is 8.26. The van der Waals surface area contributed by atoms with E-state index in [1.54, 1.807) is 4.90 Å². The van der Waals surface area contributed by atoms with Gasteiger partial charge in [-0.3, -0.25) is 9.47 Å². The van der Waals surface area contributed by atoms with Crippen molar-refractivity contribution >= 4 is 24.3 Å². The fourth-order valence-corrected chi connectivity index (χ4v) is 4.38. The van der Waals surface area contributed by atoms with E-state index in [0.717, 1.165) is 36.9 Å². The Morgan fingerprint density at radius 1 is 1.07 bits per heavy atom. The summed E-state index contributed by atoms with van der Waals surface area (Å²) >= 11 is 5.82. The van der Waals surface area contributed by atoms with E-state index in [1.807, 2.05) is 25.5 Å². The zero-order chi connectivity index (χ0) is 20.6. The van der Waals surface area contributed by atoms with Gasteiger partial charge < -0.3 is 14.5 Å². The molecule has 1 saturated carbocycles. The van der Waals surface area contributed by atoms with Crippen LogP contribution >= 0.6 is 12.2 Å². The van der Waals surface area contributed by atoms with Crippen LogP contribution in [0.15, 0.2) is 0 Å². The zero-order valence-corrected chi connectivity index (χ0v) is 18.8. The highest BCUT2D eigenvalue weighted by Crippen LogP contribution is 2.38. The van der Waals surface area contributed by atoms with Crippen molar-refractivity contribution in [2.75, 3.05) is 44.2 Å². The van der Waals surface area contributed by atoms with E-state index in [1.165, 1.54) is 32.1 Å². The van der Waals surface area contributed by atoms with Gasteiger partial charge in [0.1, 0.15) is 5.60 Å². The third-order valence-corrected chi connectivity index (χ3v) is 6.17. The summed E-state index contributed by atoms with van der Waals surface area (Å²) in [5.74, 6) is 1.06. The lowest BCUT2D eigenvalue weighted by Crippen LogP contribution is -2.50. The van der Waals surface area contributed by atoms with Gasteiger partial charge in [-0.25, -0.2) is 9.48 Å². The Morgan fingerprint density at radius 2 is 1.72 bits per heavy atom. The molecule has 4 rings (SSSR count). The van der Waals surface area contributed by atoms with Gasteiger partial charge in [0, 0.05) is 45.3 Å². The van der Waals surface area contributed by atoms with Crippen molar-refractivity contribution in [3.05, 3.63) is 4.77 Å². The van der Waals surface area contributed by atoms with Crippen LogP contribution < -0.4 is 4.90 Å². The molecule has 0 N–H and O–H groups in total. The lowest BCUT2D eigenvalue weighted by molar-refractivity contribution is 0.0113. The molecule has 0 spiro atoms. The summed E-state index contributed by atoms with van der Waals surface area (Å²) in [5.41, 5.74) is -0.457. The Labute approximate surface area is 178 Å². The number of piperazine rings is 1. The summed E-state index contributed by atoms with van der Waals surface area (Å²) < 4.78 is 10.6. The fraction of sp³-hybridized carbons (Fsp3) is 0.850. The molecule has 1 aromatic heterocycles. The van der Waals surface area contributed by atoms with E-state index in [-0.39, 0.29) is 6.09 Å². The van der Waals surface area contributed by atoms with Crippen molar-refractivity contribution in [2.45, 2.75) is 71.2 Å². The number of piperidine rings is 1. The van der Waals surface area contributed by atoms with Crippen molar-refractivity contribution < 1.29 is 9.53 Å². The molecule has 3 heterocycles. The third-order valence-electron chi connectivity index (χ3n) is 5.76. The van der Waals surface area contributed by atoms with Crippen molar-refractivity contribution in [1.29, 1.82) is 0 Å². The molecule has 0 unspecified atom stereocenters. The number of hydrogen-bond acceptors (Lipinski definition) is 6. The Bertz CT molecular complexity index is 780. The SMILES string of the molecule is CC(C)(C)OC(=O)N1CCN(Cn2nc(N3CCCCC3)n(C3CC3)c2=S)CC1. The molecular formula is C20H34N6O2S. The monoisotopic (exact) mass is 422 g/mol. The molecule has 2 saturated heterocycles. The highest BCUT2D eigenvalue weighted by molar-refractivity contribution is 7.71. The van der Waals surface area contributed by atoms with Crippen molar-refractivity contribution in [1.82, 2.24) is 24.1 Å². The van der Waals surface area contributed by atoms with Crippen molar-refractivity contribution in [3.63, 3.8) is 0 Å². The van der Waals surface area contributed by atoms with Gasteiger partial charge in [-0.05, 0) is 65.1 Å². The highest BCUT2D eigenvalue weighted by Gasteiger charge is 2.32. The summed E-state index contributed by atoms with van der Waals surface area (Å²) in [4.78, 5) is 18.8. The molecule has 9 heteroatoms. The molecule has 0 atom stereocenters. The smallest absolute Gasteiger partial charge is 0.410 e. The summed E-state index contributed by atoms with van der Waals surface area (Å²) in [6, 6.07) is 0.525. The van der Waals surface area contributed by atoms with Crippen LogP contribution in [0.2, 0.25) is 0 Å². The number of rotatable bonds is 4. The van der Waals surface area contributed by atoms with Gasteiger partial charge in [0.2, 0.25) is 10.7 Å². The summed E-state index contributed by atoms with van der Waals surface area (Å²) in [6.07, 6.45) is 5.96. The van der Waals surface area contributed by atoms with Gasteiger partial charge in [-0.1, -0.05) is 0 Å². The van der Waals surface area contributed by atoms with Crippen LogP contribution in [0.5, 0.6) is 0 Å². The molecule has 0 aromatic carbocycles. The standard InChI is InChI=1S/C20H34N6O2S/c1-20(2,3)28-19(27)24-13-11-22(12-14-24)15-25-18(29)26(16-7-8-16)17(21-25)23-9-5-4-6-10-23/h16H,4-15H2,1-3H3. The fourth-order valence-electron chi connectivity index (χ4n) is 4.05. The van der Waals surface area contributed by atoms with E-state index in [9.17, 15) is 4.79 Å². The number of amides is 1. The normalized spacial score (nSPS) is 21.5. The van der Waals surface area contributed by atoms with E-state index in [4.69, 9.17) is 22.1 Å². The average molecular weight is 423 g/mol. The highest BCUT2D eigenvalue weighted by atomic mass is 32.1. The topological polar surface area (TPSA) is 58.8 Å². The molecule has 3 fully saturated rings. The van der Waals surface area contributed by atoms with Gasteiger partial charge in [-0.2, -0.15) is 0 Å². The number of carbonyl (C=O) groups is 1. The quantitative estimate of drug-likeness (QED) is 0.694. The molecule has 162 valence electrons. The van der Waals surface area contributed by atoms with Crippen LogP contribution in [0.1, 0.15) is 58.9 Å². The molecule has 1 amide bonds. The molecule has 0 bridgehead atoms. The second-order valence-corrected chi connectivity index (χ2v) is 9.82. The van der Waals surface area contributed by atoms with Crippen LogP contribution in [0.25, 0.3) is 0 Å². The molecule has 3 aliphatic rings. The molecule has 29 heavy (non-hydrogen) atoms. The molecule has 1 aliphatic carbocycles. The first-order valence-corrected chi connectivity index (χ1v) is 11.4. The number of nitrogens with zero attached hydrogens (tertiary/aromatic N) is 6. The van der Waals surface area contributed by atoms with Crippen molar-refractivity contribution in [3.8, 4) is 0 Å². The second-order valence-electron chi connectivity index (χ2n) is 9.46. The zero-order valence-electron chi connectivity index (χ0n) is 18.0. The Hall–Kier alpha value is -1.61. The first-order chi connectivity index (χ1) is 13.8. The molecular weight excluding hydrogens is 388 g/mol. The predicted octanol–water partition coefficient (Wildman–Crippen LogP) is 3.25. The molecule has 1 aromatic rings. The minimum absolute atomic E-state index is 0.223. The molecule has 2 aliphatic heterocycles. The maximum atomic E-state index is 12.3. The van der Waals surface area contributed by atoms with Crippen LogP contribution in [0, 0.1) is 4.77 Å². The van der Waals surface area contributed by atoms with E-state index in [2.05, 4.69) is 14.4 Å². The van der Waals surface area contributed by atoms with E-state index < -0.39 is 5.60 Å². The van der Waals surface area contributed by atoms with Gasteiger partial charge >= 0.3 is 6.09 Å². The van der Waals surface area contributed by atoms with Crippen molar-refractivity contribution in [2.24, 2.45) is 0 Å². The minimum Gasteiger partial charge on any atom is -0.444 e. The van der Waals surface area contributed by atoms with Crippen LogP contribution in [-0.2, 0) is 11.4 Å². The van der Waals surface area contributed by atoms with Gasteiger partial charge in [0.25, 0.3) is 0 Å². The number of anilines is 1. The maximum Gasteiger partial charge on any atom is 0.410 e. The Morgan fingerprint density at radius 3 is 2.31 bits per heavy atom. The van der Waals surface area contributed by atoms with E-state index >= 15 is 0 Å². The van der Waals surface area contributed by atoms with Gasteiger partial charge in [0.05, 0.1) is 6.67 Å². The summed E-state index contributed by atoms with van der Waals surface area (Å²) in [7, 11) is 0. The number of ether oxygens (including phenoxy) is 1. The number of aromatic nitrogens is 3. The van der Waals surface area contributed by atoms with Crippen LogP contribution in [-0.4, -0.2) is 75.1 Å². The number of hydrogen-bond donors (Lipinski definition) is 0.